The fourth-order valence-electron chi connectivity index (χ4n) is 1.15. The molecule has 0 fully saturated rings. The summed E-state index contributed by atoms with van der Waals surface area (Å²) in [6, 6.07) is 2.99. The van der Waals surface area contributed by atoms with E-state index in [2.05, 4.69) is 5.32 Å². The van der Waals surface area contributed by atoms with Crippen LogP contribution >= 0.6 is 46.6 Å². The highest BCUT2D eigenvalue weighted by molar-refractivity contribution is 8.00. The third-order valence-corrected chi connectivity index (χ3v) is 4.82. The van der Waals surface area contributed by atoms with E-state index >= 15 is 0 Å². The highest BCUT2D eigenvalue weighted by Gasteiger charge is 2.13. The van der Waals surface area contributed by atoms with Gasteiger partial charge in [0.25, 0.3) is 0 Å². The Morgan fingerprint density at radius 1 is 1.26 bits per heavy atom. The lowest BCUT2D eigenvalue weighted by Crippen LogP contribution is -2.20. The summed E-state index contributed by atoms with van der Waals surface area (Å²) in [6.07, 6.45) is -0.466. The minimum absolute atomic E-state index is 0.0185. The van der Waals surface area contributed by atoms with Gasteiger partial charge >= 0.3 is 0 Å². The van der Waals surface area contributed by atoms with Crippen molar-refractivity contribution in [3.8, 4) is 0 Å². The second kappa shape index (κ2) is 7.60. The molecule has 0 aliphatic rings. The Labute approximate surface area is 131 Å². The lowest BCUT2D eigenvalue weighted by atomic mass is 10.3. The Morgan fingerprint density at radius 3 is 2.42 bits per heavy atom. The van der Waals surface area contributed by atoms with Gasteiger partial charge in [-0.15, -0.1) is 11.8 Å². The predicted molar refractivity (Wildman–Crippen MR) is 83.7 cm³/mol. The third kappa shape index (κ3) is 5.40. The van der Waals surface area contributed by atoms with Gasteiger partial charge in [-0.25, -0.2) is 0 Å². The number of anilines is 1. The molecule has 0 saturated heterocycles. The van der Waals surface area contributed by atoms with Crippen molar-refractivity contribution in [2.24, 2.45) is 0 Å². The van der Waals surface area contributed by atoms with Crippen LogP contribution in [0.25, 0.3) is 0 Å². The second-order valence-electron chi connectivity index (χ2n) is 4.05. The molecular weight excluding hydrogens is 329 g/mol. The van der Waals surface area contributed by atoms with E-state index in [4.69, 9.17) is 34.8 Å². The monoisotopic (exact) mass is 341 g/mol. The lowest BCUT2D eigenvalue weighted by Gasteiger charge is -2.14. The summed E-state index contributed by atoms with van der Waals surface area (Å²) >= 11 is 19.0. The van der Waals surface area contributed by atoms with Crippen molar-refractivity contribution in [2.45, 2.75) is 25.2 Å². The predicted octanol–water partition coefficient (Wildman–Crippen LogP) is 4.09. The molecule has 1 rings (SSSR count). The average molecular weight is 343 g/mol. The standard InChI is InChI=1S/C12H14Cl3NO2S/c1-6(17)7(2)19-5-12(18)16-11-4-9(14)8(13)3-10(11)15/h3-4,6-7,17H,5H2,1-2H3,(H,16,18). The molecule has 0 aliphatic heterocycles. The fraction of sp³-hybridized carbons (Fsp3) is 0.417. The lowest BCUT2D eigenvalue weighted by molar-refractivity contribution is -0.113. The van der Waals surface area contributed by atoms with E-state index < -0.39 is 6.10 Å². The van der Waals surface area contributed by atoms with E-state index in [0.29, 0.717) is 20.8 Å². The van der Waals surface area contributed by atoms with Gasteiger partial charge in [0.2, 0.25) is 5.91 Å². The van der Waals surface area contributed by atoms with Crippen molar-refractivity contribution < 1.29 is 9.90 Å². The van der Waals surface area contributed by atoms with Crippen LogP contribution in [0.1, 0.15) is 13.8 Å². The van der Waals surface area contributed by atoms with Gasteiger partial charge < -0.3 is 10.4 Å². The maximum absolute atomic E-state index is 11.7. The Morgan fingerprint density at radius 2 is 1.84 bits per heavy atom. The van der Waals surface area contributed by atoms with Gasteiger partial charge in [0, 0.05) is 5.25 Å². The van der Waals surface area contributed by atoms with E-state index in [1.165, 1.54) is 23.9 Å². The van der Waals surface area contributed by atoms with Crippen molar-refractivity contribution >= 4 is 58.2 Å². The number of nitrogens with one attached hydrogen (secondary N) is 1. The van der Waals surface area contributed by atoms with Gasteiger partial charge in [-0.2, -0.15) is 0 Å². The van der Waals surface area contributed by atoms with Crippen molar-refractivity contribution in [3.05, 3.63) is 27.2 Å². The van der Waals surface area contributed by atoms with Gasteiger partial charge in [0.1, 0.15) is 0 Å². The van der Waals surface area contributed by atoms with Gasteiger partial charge in [-0.3, -0.25) is 4.79 Å². The molecule has 1 amide bonds. The number of aliphatic hydroxyl groups is 1. The molecule has 2 N–H and O–H groups in total. The molecule has 2 atom stereocenters. The summed E-state index contributed by atoms with van der Waals surface area (Å²) in [5.74, 6) is 0.0145. The van der Waals surface area contributed by atoms with E-state index in [1.807, 2.05) is 6.92 Å². The van der Waals surface area contributed by atoms with E-state index in [0.717, 1.165) is 0 Å². The topological polar surface area (TPSA) is 49.3 Å². The van der Waals surface area contributed by atoms with Crippen LogP contribution in [0.4, 0.5) is 5.69 Å². The number of carbonyl (C=O) groups excluding carboxylic acids is 1. The number of benzene rings is 1. The van der Waals surface area contributed by atoms with Gasteiger partial charge in [0.05, 0.1) is 32.6 Å². The Kier molecular flexibility index (Phi) is 6.77. The number of amides is 1. The molecule has 19 heavy (non-hydrogen) atoms. The first-order valence-corrected chi connectivity index (χ1v) is 7.73. The molecule has 106 valence electrons. The van der Waals surface area contributed by atoms with Crippen LogP contribution in [0.15, 0.2) is 12.1 Å². The molecule has 0 radical (unpaired) electrons. The second-order valence-corrected chi connectivity index (χ2v) is 6.64. The molecule has 2 unspecified atom stereocenters. The molecule has 3 nitrogen and oxygen atoms in total. The quantitative estimate of drug-likeness (QED) is 0.792. The number of hydrogen-bond acceptors (Lipinski definition) is 3. The zero-order valence-electron chi connectivity index (χ0n) is 10.4. The van der Waals surface area contributed by atoms with Gasteiger partial charge in [-0.1, -0.05) is 41.7 Å². The van der Waals surface area contributed by atoms with Gasteiger partial charge in [-0.05, 0) is 19.1 Å². The fourth-order valence-corrected chi connectivity index (χ4v) is 2.51. The average Bonchev–Trinajstić information content (AvgIpc) is 2.32. The SMILES string of the molecule is CC(O)C(C)SCC(=O)Nc1cc(Cl)c(Cl)cc1Cl. The number of rotatable bonds is 5. The Balaban J connectivity index is 2.60. The summed E-state index contributed by atoms with van der Waals surface area (Å²) in [6.45, 7) is 3.54. The first kappa shape index (κ1) is 16.9. The van der Waals surface area contributed by atoms with Crippen LogP contribution in [-0.2, 0) is 4.79 Å². The van der Waals surface area contributed by atoms with E-state index in [1.54, 1.807) is 6.92 Å². The van der Waals surface area contributed by atoms with Crippen LogP contribution in [0.2, 0.25) is 15.1 Å². The molecule has 1 aromatic carbocycles. The van der Waals surface area contributed by atoms with Crippen LogP contribution in [0, 0.1) is 0 Å². The molecule has 0 saturated carbocycles. The minimum atomic E-state index is -0.466. The van der Waals surface area contributed by atoms with Crippen molar-refractivity contribution in [1.29, 1.82) is 0 Å². The largest absolute Gasteiger partial charge is 0.392 e. The third-order valence-electron chi connectivity index (χ3n) is 2.44. The number of aliphatic hydroxyl groups excluding tert-OH is 1. The molecule has 7 heteroatoms. The number of carbonyl (C=O) groups is 1. The highest BCUT2D eigenvalue weighted by atomic mass is 35.5. The maximum atomic E-state index is 11.7. The molecular formula is C12H14Cl3NO2S. The molecule has 0 spiro atoms. The van der Waals surface area contributed by atoms with Crippen molar-refractivity contribution in [3.63, 3.8) is 0 Å². The van der Waals surface area contributed by atoms with Crippen molar-refractivity contribution in [2.75, 3.05) is 11.1 Å². The number of thioether (sulfide) groups is 1. The first-order valence-electron chi connectivity index (χ1n) is 5.55. The zero-order chi connectivity index (χ0) is 14.6. The highest BCUT2D eigenvalue weighted by Crippen LogP contribution is 2.32. The summed E-state index contributed by atoms with van der Waals surface area (Å²) in [5, 5.41) is 13.0. The Bertz CT molecular complexity index is 469. The molecule has 1 aromatic rings. The first-order chi connectivity index (χ1) is 8.81. The number of hydrogen-bond donors (Lipinski definition) is 2. The summed E-state index contributed by atoms with van der Waals surface area (Å²) < 4.78 is 0. The molecule has 0 aromatic heterocycles. The normalized spacial score (nSPS) is 14.0. The molecule has 0 bridgehead atoms. The van der Waals surface area contributed by atoms with Crippen LogP contribution in [-0.4, -0.2) is 28.1 Å². The molecule has 0 heterocycles. The Hall–Kier alpha value is -0.130. The summed E-state index contributed by atoms with van der Waals surface area (Å²) in [5.41, 5.74) is 0.423. The minimum Gasteiger partial charge on any atom is -0.392 e. The number of halogens is 3. The van der Waals surface area contributed by atoms with Crippen LogP contribution in [0.5, 0.6) is 0 Å². The summed E-state index contributed by atoms with van der Waals surface area (Å²) in [7, 11) is 0. The zero-order valence-corrected chi connectivity index (χ0v) is 13.5. The van der Waals surface area contributed by atoms with Crippen LogP contribution in [0.3, 0.4) is 0 Å². The molecule has 0 aliphatic carbocycles. The van der Waals surface area contributed by atoms with Crippen LogP contribution < -0.4 is 5.32 Å². The smallest absolute Gasteiger partial charge is 0.234 e. The van der Waals surface area contributed by atoms with Crippen molar-refractivity contribution in [1.82, 2.24) is 0 Å². The van der Waals surface area contributed by atoms with E-state index in [9.17, 15) is 9.90 Å². The van der Waals surface area contributed by atoms with E-state index in [-0.39, 0.29) is 16.9 Å². The maximum Gasteiger partial charge on any atom is 0.234 e. The van der Waals surface area contributed by atoms with Gasteiger partial charge in [0.15, 0.2) is 0 Å². The summed E-state index contributed by atoms with van der Waals surface area (Å²) in [4.78, 5) is 11.7.